The molecule has 0 saturated heterocycles. The molecule has 0 atom stereocenters. The third-order valence-electron chi connectivity index (χ3n) is 1.48. The lowest BCUT2D eigenvalue weighted by atomic mass is 10.4. The lowest BCUT2D eigenvalue weighted by Gasteiger charge is -2.22. The molecule has 0 saturated carbocycles. The summed E-state index contributed by atoms with van der Waals surface area (Å²) >= 11 is 0. The summed E-state index contributed by atoms with van der Waals surface area (Å²) in [5.41, 5.74) is -3.80. The highest BCUT2D eigenvalue weighted by atomic mass is 31.2. The van der Waals surface area contributed by atoms with Crippen LogP contribution in [0.4, 0.5) is 8.78 Å². The first-order valence-electron chi connectivity index (χ1n) is 4.76. The minimum Gasteiger partial charge on any atom is -0.304 e. The van der Waals surface area contributed by atoms with Crippen molar-refractivity contribution in [3.8, 4) is 0 Å². The Morgan fingerprint density at radius 1 is 1.31 bits per heavy atom. The van der Waals surface area contributed by atoms with Gasteiger partial charge in [-0.15, -0.1) is 0 Å². The first-order valence-corrected chi connectivity index (χ1v) is 6.30. The van der Waals surface area contributed by atoms with Crippen LogP contribution in [0.15, 0.2) is 12.2 Å². The molecule has 0 spiro atoms. The lowest BCUT2D eigenvalue weighted by Crippen LogP contribution is -2.18. The van der Waals surface area contributed by atoms with E-state index in [0.717, 1.165) is 6.92 Å². The van der Waals surface area contributed by atoms with Gasteiger partial charge in [0.1, 0.15) is 0 Å². The second-order valence-corrected chi connectivity index (χ2v) is 4.97. The van der Waals surface area contributed by atoms with Crippen molar-refractivity contribution in [2.24, 2.45) is 0 Å². The van der Waals surface area contributed by atoms with E-state index in [1.54, 1.807) is 0 Å². The van der Waals surface area contributed by atoms with Gasteiger partial charge in [-0.25, -0.2) is 0 Å². The van der Waals surface area contributed by atoms with Gasteiger partial charge in [0.15, 0.2) is 5.78 Å². The van der Waals surface area contributed by atoms with Crippen LogP contribution in [-0.4, -0.2) is 24.7 Å². The standard InChI is InChI=1S/C9H15F2O4P/c1-4-14-16(13,15-5-2)9(10,11)7-6-8(3)12/h6-7H,4-5H2,1-3H3/b7-6+. The monoisotopic (exact) mass is 256 g/mol. The molecule has 0 aromatic rings. The van der Waals surface area contributed by atoms with E-state index in [9.17, 15) is 18.1 Å². The van der Waals surface area contributed by atoms with Gasteiger partial charge in [0.25, 0.3) is 0 Å². The highest BCUT2D eigenvalue weighted by Crippen LogP contribution is 2.62. The van der Waals surface area contributed by atoms with E-state index in [0.29, 0.717) is 6.08 Å². The maximum Gasteiger partial charge on any atom is 0.403 e. The summed E-state index contributed by atoms with van der Waals surface area (Å²) in [4.78, 5) is 10.5. The van der Waals surface area contributed by atoms with Crippen LogP contribution in [0.1, 0.15) is 20.8 Å². The number of alkyl halides is 2. The third kappa shape index (κ3) is 4.12. The Morgan fingerprint density at radius 2 is 1.75 bits per heavy atom. The van der Waals surface area contributed by atoms with Crippen molar-refractivity contribution < 1.29 is 27.2 Å². The molecule has 0 bridgehead atoms. The Morgan fingerprint density at radius 3 is 2.06 bits per heavy atom. The average molecular weight is 256 g/mol. The van der Waals surface area contributed by atoms with Crippen molar-refractivity contribution in [3.63, 3.8) is 0 Å². The molecule has 4 nitrogen and oxygen atoms in total. The Bertz CT molecular complexity index is 305. The fourth-order valence-electron chi connectivity index (χ4n) is 0.858. The second-order valence-electron chi connectivity index (χ2n) is 2.86. The summed E-state index contributed by atoms with van der Waals surface area (Å²) in [7, 11) is -4.55. The molecule has 0 aromatic carbocycles. The molecule has 0 rings (SSSR count). The van der Waals surface area contributed by atoms with E-state index in [1.165, 1.54) is 13.8 Å². The first-order chi connectivity index (χ1) is 7.29. The van der Waals surface area contributed by atoms with Crippen LogP contribution < -0.4 is 0 Å². The predicted octanol–water partition coefficient (Wildman–Crippen LogP) is 2.99. The highest BCUT2D eigenvalue weighted by molar-refractivity contribution is 7.55. The maximum absolute atomic E-state index is 13.5. The van der Waals surface area contributed by atoms with E-state index >= 15 is 0 Å². The molecule has 7 heteroatoms. The molecule has 16 heavy (non-hydrogen) atoms. The Balaban J connectivity index is 5.03. The van der Waals surface area contributed by atoms with Gasteiger partial charge >= 0.3 is 13.3 Å². The summed E-state index contributed by atoms with van der Waals surface area (Å²) in [5.74, 6) is -0.570. The van der Waals surface area contributed by atoms with Crippen LogP contribution in [0.3, 0.4) is 0 Å². The summed E-state index contributed by atoms with van der Waals surface area (Å²) in [6.45, 7) is 3.63. The van der Waals surface area contributed by atoms with Crippen molar-refractivity contribution in [1.82, 2.24) is 0 Å². The Labute approximate surface area is 93.2 Å². The summed E-state index contributed by atoms with van der Waals surface area (Å²) in [6, 6.07) is 0. The van der Waals surface area contributed by atoms with Gasteiger partial charge in [0, 0.05) is 6.08 Å². The van der Waals surface area contributed by atoms with Crippen molar-refractivity contribution in [2.45, 2.75) is 26.4 Å². The van der Waals surface area contributed by atoms with Gasteiger partial charge in [-0.1, -0.05) is 0 Å². The molecule has 0 fully saturated rings. The van der Waals surface area contributed by atoms with E-state index in [1.807, 2.05) is 0 Å². The fourth-order valence-corrected chi connectivity index (χ4v) is 2.21. The quantitative estimate of drug-likeness (QED) is 0.519. The molecule has 94 valence electrons. The maximum atomic E-state index is 13.5. The Hall–Kier alpha value is -0.580. The fraction of sp³-hybridized carbons (Fsp3) is 0.667. The number of rotatable bonds is 7. The van der Waals surface area contributed by atoms with Gasteiger partial charge < -0.3 is 9.05 Å². The SMILES string of the molecule is CCOP(=O)(OCC)C(F)(F)/C=C/C(C)=O. The van der Waals surface area contributed by atoms with Gasteiger partial charge in [-0.3, -0.25) is 9.36 Å². The molecular formula is C9H15F2O4P. The zero-order valence-electron chi connectivity index (χ0n) is 9.41. The second kappa shape index (κ2) is 6.23. The van der Waals surface area contributed by atoms with E-state index < -0.39 is 19.0 Å². The average Bonchev–Trinajstić information content (AvgIpc) is 2.15. The molecule has 0 aliphatic carbocycles. The van der Waals surface area contributed by atoms with Crippen LogP contribution >= 0.6 is 7.60 Å². The van der Waals surface area contributed by atoms with Gasteiger partial charge in [0.2, 0.25) is 0 Å². The van der Waals surface area contributed by atoms with Crippen LogP contribution in [0.25, 0.3) is 0 Å². The van der Waals surface area contributed by atoms with Crippen LogP contribution in [0.2, 0.25) is 0 Å². The number of hydrogen-bond donors (Lipinski definition) is 0. The number of carbonyl (C=O) groups is 1. The molecule has 0 radical (unpaired) electrons. The normalized spacial score (nSPS) is 13.3. The van der Waals surface area contributed by atoms with Gasteiger partial charge in [-0.05, 0) is 26.8 Å². The minimum atomic E-state index is -4.55. The van der Waals surface area contributed by atoms with E-state index in [4.69, 9.17) is 0 Å². The van der Waals surface area contributed by atoms with Gasteiger partial charge in [0.05, 0.1) is 13.2 Å². The molecule has 0 unspecified atom stereocenters. The van der Waals surface area contributed by atoms with E-state index in [2.05, 4.69) is 9.05 Å². The van der Waals surface area contributed by atoms with Crippen molar-refractivity contribution in [2.75, 3.05) is 13.2 Å². The van der Waals surface area contributed by atoms with Crippen LogP contribution in [-0.2, 0) is 18.4 Å². The summed E-state index contributed by atoms with van der Waals surface area (Å²) in [6.07, 6.45) is 0.895. The van der Waals surface area contributed by atoms with Crippen LogP contribution in [0, 0.1) is 0 Å². The first kappa shape index (κ1) is 15.4. The van der Waals surface area contributed by atoms with Crippen molar-refractivity contribution in [3.05, 3.63) is 12.2 Å². The van der Waals surface area contributed by atoms with Crippen molar-refractivity contribution in [1.29, 1.82) is 0 Å². The molecule has 0 heterocycles. The third-order valence-corrected chi connectivity index (χ3v) is 3.56. The zero-order chi connectivity index (χ0) is 12.8. The highest BCUT2D eigenvalue weighted by Gasteiger charge is 2.51. The number of hydrogen-bond acceptors (Lipinski definition) is 4. The molecule has 0 aliphatic heterocycles. The molecule has 0 N–H and O–H groups in total. The Kier molecular flexibility index (Phi) is 6.00. The van der Waals surface area contributed by atoms with Crippen molar-refractivity contribution >= 4 is 13.4 Å². The molecular weight excluding hydrogens is 241 g/mol. The smallest absolute Gasteiger partial charge is 0.304 e. The zero-order valence-corrected chi connectivity index (χ0v) is 10.3. The number of carbonyl (C=O) groups excluding carboxylic acids is 1. The molecule has 0 amide bonds. The topological polar surface area (TPSA) is 52.6 Å². The number of ketones is 1. The lowest BCUT2D eigenvalue weighted by molar-refractivity contribution is -0.112. The molecule has 0 aliphatic rings. The van der Waals surface area contributed by atoms with E-state index in [-0.39, 0.29) is 19.3 Å². The number of halogens is 2. The molecule has 0 aromatic heterocycles. The minimum absolute atomic E-state index is 0.166. The van der Waals surface area contributed by atoms with Gasteiger partial charge in [-0.2, -0.15) is 8.78 Å². The predicted molar refractivity (Wildman–Crippen MR) is 55.6 cm³/mol. The number of allylic oxidation sites excluding steroid dienone is 2. The summed E-state index contributed by atoms with van der Waals surface area (Å²) in [5, 5.41) is 0. The largest absolute Gasteiger partial charge is 0.403 e. The van der Waals surface area contributed by atoms with Crippen LogP contribution in [0.5, 0.6) is 0 Å². The summed E-state index contributed by atoms with van der Waals surface area (Å²) < 4.78 is 47.6.